The molecule has 0 aliphatic rings. The molecule has 0 spiro atoms. The van der Waals surface area contributed by atoms with E-state index < -0.39 is 0 Å². The summed E-state index contributed by atoms with van der Waals surface area (Å²) in [6, 6.07) is 6.01. The molecule has 0 fully saturated rings. The van der Waals surface area contributed by atoms with Gasteiger partial charge in [0.15, 0.2) is 11.5 Å². The number of methoxy groups -OCH3 is 1. The topological polar surface area (TPSA) is 50.7 Å². The van der Waals surface area contributed by atoms with E-state index in [0.717, 1.165) is 37.4 Å². The van der Waals surface area contributed by atoms with Crippen LogP contribution in [0.2, 0.25) is 0 Å². The van der Waals surface area contributed by atoms with Crippen molar-refractivity contribution in [2.24, 2.45) is 5.92 Å². The lowest BCUT2D eigenvalue weighted by Gasteiger charge is -2.13. The van der Waals surface area contributed by atoms with E-state index >= 15 is 0 Å². The predicted octanol–water partition coefficient (Wildman–Crippen LogP) is 2.59. The van der Waals surface area contributed by atoms with E-state index in [9.17, 15) is 0 Å². The molecule has 4 nitrogen and oxygen atoms in total. The molecule has 0 saturated carbocycles. The van der Waals surface area contributed by atoms with Crippen LogP contribution in [0.4, 0.5) is 0 Å². The average Bonchev–Trinajstić information content (AvgIpc) is 2.43. The second-order valence-electron chi connectivity index (χ2n) is 5.29. The maximum absolute atomic E-state index is 8.76. The fourth-order valence-electron chi connectivity index (χ4n) is 1.85. The number of ether oxygens (including phenoxy) is 2. The van der Waals surface area contributed by atoms with Gasteiger partial charge < -0.3 is 19.9 Å². The molecule has 0 aromatic heterocycles. The Morgan fingerprint density at radius 2 is 2.00 bits per heavy atom. The van der Waals surface area contributed by atoms with Gasteiger partial charge in [0.2, 0.25) is 0 Å². The first-order valence-corrected chi connectivity index (χ1v) is 7.28. The van der Waals surface area contributed by atoms with Gasteiger partial charge in [0, 0.05) is 13.2 Å². The first-order valence-electron chi connectivity index (χ1n) is 7.28. The monoisotopic (exact) mass is 281 g/mol. The summed E-state index contributed by atoms with van der Waals surface area (Å²) >= 11 is 0. The zero-order chi connectivity index (χ0) is 14.8. The van der Waals surface area contributed by atoms with Crippen LogP contribution in [0.5, 0.6) is 11.5 Å². The molecule has 0 unspecified atom stereocenters. The molecule has 0 amide bonds. The van der Waals surface area contributed by atoms with E-state index in [1.54, 1.807) is 7.11 Å². The van der Waals surface area contributed by atoms with Gasteiger partial charge >= 0.3 is 0 Å². The maximum atomic E-state index is 8.76. The highest BCUT2D eigenvalue weighted by Gasteiger charge is 2.06. The Balaban J connectivity index is 2.55. The molecule has 114 valence electrons. The molecule has 0 radical (unpaired) electrons. The Bertz CT molecular complexity index is 380. The molecule has 0 bridgehead atoms. The molecular weight excluding hydrogens is 254 g/mol. The summed E-state index contributed by atoms with van der Waals surface area (Å²) in [6.45, 7) is 7.01. The van der Waals surface area contributed by atoms with Crippen molar-refractivity contribution in [2.45, 2.75) is 33.2 Å². The van der Waals surface area contributed by atoms with Gasteiger partial charge in [-0.1, -0.05) is 19.9 Å². The largest absolute Gasteiger partial charge is 0.493 e. The fraction of sp³-hybridized carbons (Fsp3) is 0.625. The second-order valence-corrected chi connectivity index (χ2v) is 5.29. The van der Waals surface area contributed by atoms with Crippen LogP contribution in [0, 0.1) is 5.92 Å². The third-order valence-electron chi connectivity index (χ3n) is 2.92. The minimum atomic E-state index is 0.208. The number of rotatable bonds is 10. The van der Waals surface area contributed by atoms with Crippen molar-refractivity contribution < 1.29 is 14.6 Å². The molecular formula is C16H27NO3. The second kappa shape index (κ2) is 9.61. The third-order valence-corrected chi connectivity index (χ3v) is 2.92. The first-order chi connectivity index (χ1) is 9.67. The molecule has 0 heterocycles. The third kappa shape index (κ3) is 6.26. The number of aliphatic hydroxyl groups excluding tert-OH is 1. The number of hydrogen-bond acceptors (Lipinski definition) is 4. The zero-order valence-corrected chi connectivity index (χ0v) is 12.8. The highest BCUT2D eigenvalue weighted by atomic mass is 16.5. The SMILES string of the molecule is COc1ccc(CNCC(C)C)cc1OCCCCO. The van der Waals surface area contributed by atoms with Crippen molar-refractivity contribution in [3.05, 3.63) is 23.8 Å². The molecule has 1 aromatic rings. The first kappa shape index (κ1) is 16.8. The van der Waals surface area contributed by atoms with Gasteiger partial charge in [0.05, 0.1) is 13.7 Å². The quantitative estimate of drug-likeness (QED) is 0.647. The van der Waals surface area contributed by atoms with Crippen LogP contribution in [0.3, 0.4) is 0 Å². The lowest BCUT2D eigenvalue weighted by atomic mass is 10.2. The van der Waals surface area contributed by atoms with Gasteiger partial charge in [-0.15, -0.1) is 0 Å². The van der Waals surface area contributed by atoms with Crippen molar-refractivity contribution in [2.75, 3.05) is 26.9 Å². The molecule has 0 saturated heterocycles. The summed E-state index contributed by atoms with van der Waals surface area (Å²) in [5.74, 6) is 2.17. The molecule has 1 rings (SSSR count). The van der Waals surface area contributed by atoms with Crippen molar-refractivity contribution in [3.63, 3.8) is 0 Å². The normalized spacial score (nSPS) is 10.8. The van der Waals surface area contributed by atoms with Gasteiger partial charge in [0.25, 0.3) is 0 Å². The van der Waals surface area contributed by atoms with Crippen molar-refractivity contribution in [3.8, 4) is 11.5 Å². The Labute approximate surface area is 122 Å². The minimum Gasteiger partial charge on any atom is -0.493 e. The summed E-state index contributed by atoms with van der Waals surface area (Å²) in [4.78, 5) is 0. The average molecular weight is 281 g/mol. The zero-order valence-electron chi connectivity index (χ0n) is 12.8. The molecule has 20 heavy (non-hydrogen) atoms. The van der Waals surface area contributed by atoms with Crippen LogP contribution in [0.15, 0.2) is 18.2 Å². The maximum Gasteiger partial charge on any atom is 0.161 e. The van der Waals surface area contributed by atoms with Gasteiger partial charge in [0.1, 0.15) is 0 Å². The van der Waals surface area contributed by atoms with E-state index in [2.05, 4.69) is 19.2 Å². The van der Waals surface area contributed by atoms with E-state index in [1.807, 2.05) is 18.2 Å². The Hall–Kier alpha value is -1.26. The molecule has 0 aliphatic carbocycles. The van der Waals surface area contributed by atoms with E-state index in [4.69, 9.17) is 14.6 Å². The van der Waals surface area contributed by atoms with Gasteiger partial charge in [-0.3, -0.25) is 0 Å². The van der Waals surface area contributed by atoms with Crippen molar-refractivity contribution in [1.29, 1.82) is 0 Å². The number of aliphatic hydroxyl groups is 1. The van der Waals surface area contributed by atoms with Crippen LogP contribution < -0.4 is 14.8 Å². The molecule has 2 N–H and O–H groups in total. The van der Waals surface area contributed by atoms with Gasteiger partial charge in [-0.25, -0.2) is 0 Å². The van der Waals surface area contributed by atoms with Crippen LogP contribution in [-0.4, -0.2) is 32.0 Å². The Morgan fingerprint density at radius 1 is 1.20 bits per heavy atom. The molecule has 0 atom stereocenters. The number of benzene rings is 1. The van der Waals surface area contributed by atoms with Crippen LogP contribution in [-0.2, 0) is 6.54 Å². The number of nitrogens with one attached hydrogen (secondary N) is 1. The van der Waals surface area contributed by atoms with Gasteiger partial charge in [-0.05, 0) is 43.0 Å². The fourth-order valence-corrected chi connectivity index (χ4v) is 1.85. The van der Waals surface area contributed by atoms with Gasteiger partial charge in [-0.2, -0.15) is 0 Å². The summed E-state index contributed by atoms with van der Waals surface area (Å²) in [5.41, 5.74) is 1.18. The highest BCUT2D eigenvalue weighted by molar-refractivity contribution is 5.42. The van der Waals surface area contributed by atoms with E-state index in [1.165, 1.54) is 5.56 Å². The summed E-state index contributed by atoms with van der Waals surface area (Å²) < 4.78 is 11.0. The van der Waals surface area contributed by atoms with E-state index in [-0.39, 0.29) is 6.61 Å². The Morgan fingerprint density at radius 3 is 2.65 bits per heavy atom. The number of unbranched alkanes of at least 4 members (excludes halogenated alkanes) is 1. The van der Waals surface area contributed by atoms with Crippen LogP contribution in [0.1, 0.15) is 32.3 Å². The van der Waals surface area contributed by atoms with E-state index in [0.29, 0.717) is 12.5 Å². The molecule has 0 aliphatic heterocycles. The van der Waals surface area contributed by atoms with Crippen LogP contribution in [0.25, 0.3) is 0 Å². The summed E-state index contributed by atoms with van der Waals surface area (Å²) in [6.07, 6.45) is 1.60. The molecule has 1 aromatic carbocycles. The highest BCUT2D eigenvalue weighted by Crippen LogP contribution is 2.28. The van der Waals surface area contributed by atoms with Crippen LogP contribution >= 0.6 is 0 Å². The summed E-state index contributed by atoms with van der Waals surface area (Å²) in [5, 5.41) is 12.2. The predicted molar refractivity (Wildman–Crippen MR) is 81.4 cm³/mol. The van der Waals surface area contributed by atoms with Crippen molar-refractivity contribution >= 4 is 0 Å². The number of hydrogen-bond donors (Lipinski definition) is 2. The summed E-state index contributed by atoms with van der Waals surface area (Å²) in [7, 11) is 1.65. The lowest BCUT2D eigenvalue weighted by molar-refractivity contribution is 0.247. The lowest BCUT2D eigenvalue weighted by Crippen LogP contribution is -2.18. The van der Waals surface area contributed by atoms with Crippen molar-refractivity contribution in [1.82, 2.24) is 5.32 Å². The molecule has 4 heteroatoms. The Kier molecular flexibility index (Phi) is 8.07. The smallest absolute Gasteiger partial charge is 0.161 e. The minimum absolute atomic E-state index is 0.208. The standard InChI is InChI=1S/C16H27NO3/c1-13(2)11-17-12-14-6-7-15(19-3)16(10-14)20-9-5-4-8-18/h6-7,10,13,17-18H,4-5,8-9,11-12H2,1-3H3.